The molecule has 2 aromatic heterocycles. The Morgan fingerprint density at radius 3 is 2.35 bits per heavy atom. The Labute approximate surface area is 305 Å². The quantitative estimate of drug-likeness (QED) is 0.197. The van der Waals surface area contributed by atoms with Gasteiger partial charge in [0.15, 0.2) is 0 Å². The number of hydrogen-bond acceptors (Lipinski definition) is 6. The van der Waals surface area contributed by atoms with E-state index in [0.29, 0.717) is 56.4 Å². The molecule has 3 aliphatic rings. The maximum absolute atomic E-state index is 14.2. The zero-order chi connectivity index (χ0) is 36.6. The lowest BCUT2D eigenvalue weighted by atomic mass is 9.79. The van der Waals surface area contributed by atoms with Crippen molar-refractivity contribution < 1.29 is 22.8 Å². The summed E-state index contributed by atoms with van der Waals surface area (Å²) in [4.78, 5) is 52.3. The van der Waals surface area contributed by atoms with Crippen LogP contribution in [-0.2, 0) is 22.2 Å². The number of H-pyrrole nitrogens is 1. The molecule has 0 aliphatic carbocycles. The molecule has 3 aliphatic heterocycles. The van der Waals surface area contributed by atoms with Gasteiger partial charge < -0.3 is 25.4 Å². The third kappa shape index (κ3) is 7.39. The number of pyridine rings is 1. The minimum Gasteiger partial charge on any atom is -0.386 e. The highest BCUT2D eigenvalue weighted by Gasteiger charge is 2.37. The summed E-state index contributed by atoms with van der Waals surface area (Å²) in [6.45, 7) is 3.92. The molecule has 1 unspecified atom stereocenters. The fourth-order valence-corrected chi connectivity index (χ4v) is 9.09. The van der Waals surface area contributed by atoms with Crippen LogP contribution in [0.25, 0.3) is 21.9 Å². The summed E-state index contributed by atoms with van der Waals surface area (Å²) in [7, 11) is 1.38. The SMILES string of the molecule is CNc1c(Cl)cc(CC(CC(=O)N2CCC(n3c(=O)[nH]c4c5ccccc5ncc43)CC2)C(=O)N2CCC(C3CCNCC3)CC2)cc1C(F)(F)F. The Hall–Kier alpha value is -4.10. The molecule has 5 heterocycles. The van der Waals surface area contributed by atoms with Crippen molar-refractivity contribution in [1.29, 1.82) is 0 Å². The molecule has 0 saturated carbocycles. The van der Waals surface area contributed by atoms with E-state index in [9.17, 15) is 27.6 Å². The Kier molecular flexibility index (Phi) is 10.5. The predicted octanol–water partition coefficient (Wildman–Crippen LogP) is 6.24. The van der Waals surface area contributed by atoms with E-state index in [1.165, 1.54) is 13.1 Å². The summed E-state index contributed by atoms with van der Waals surface area (Å²) < 4.78 is 44.0. The van der Waals surface area contributed by atoms with Crippen molar-refractivity contribution in [3.05, 3.63) is 69.2 Å². The number of aromatic amines is 1. The van der Waals surface area contributed by atoms with Crippen molar-refractivity contribution in [2.45, 2.75) is 63.6 Å². The molecule has 0 spiro atoms. The molecule has 1 atom stereocenters. The smallest absolute Gasteiger partial charge is 0.386 e. The average molecular weight is 740 g/mol. The standard InChI is InChI=1S/C38H45ClF3N7O3/c1-43-35-29(38(40,41)42)19-23(20-30(35)39)18-26(36(51)48-14-8-25(9-15-48)24-6-12-44-13-7-24)21-33(50)47-16-10-27(11-17-47)49-32-22-45-31-5-3-2-4-28(31)34(32)46-37(49)52/h2-5,19-20,22,24-27,43-44H,6-18,21H2,1H3,(H,46,52). The second-order valence-corrected chi connectivity index (χ2v) is 15.0. The van der Waals surface area contributed by atoms with E-state index in [0.717, 1.165) is 61.3 Å². The van der Waals surface area contributed by atoms with Crippen LogP contribution in [0.1, 0.15) is 62.1 Å². The van der Waals surface area contributed by atoms with Crippen LogP contribution in [0.5, 0.6) is 0 Å². The van der Waals surface area contributed by atoms with E-state index < -0.39 is 17.7 Å². The van der Waals surface area contributed by atoms with Crippen LogP contribution in [0.15, 0.2) is 47.4 Å². The van der Waals surface area contributed by atoms with Crippen LogP contribution in [0.2, 0.25) is 5.02 Å². The number of fused-ring (bicyclic) bond motifs is 3. The maximum Gasteiger partial charge on any atom is 0.418 e. The monoisotopic (exact) mass is 739 g/mol. The van der Waals surface area contributed by atoms with Crippen LogP contribution >= 0.6 is 11.6 Å². The lowest BCUT2D eigenvalue weighted by Gasteiger charge is -2.39. The van der Waals surface area contributed by atoms with Gasteiger partial charge in [0.25, 0.3) is 0 Å². The first-order valence-corrected chi connectivity index (χ1v) is 18.7. The van der Waals surface area contributed by atoms with Crippen LogP contribution in [-0.4, -0.2) is 82.5 Å². The molecule has 0 bridgehead atoms. The Balaban J connectivity index is 1.07. The molecular formula is C38H45ClF3N7O3. The highest BCUT2D eigenvalue weighted by atomic mass is 35.5. The molecule has 3 saturated heterocycles. The number of alkyl halides is 3. The third-order valence-electron chi connectivity index (χ3n) is 11.5. The number of para-hydroxylation sites is 1. The largest absolute Gasteiger partial charge is 0.418 e. The molecule has 4 aromatic rings. The predicted molar refractivity (Wildman–Crippen MR) is 195 cm³/mol. The minimum atomic E-state index is -4.66. The number of hydrogen-bond donors (Lipinski definition) is 3. The fourth-order valence-electron chi connectivity index (χ4n) is 8.75. The molecule has 14 heteroatoms. The van der Waals surface area contributed by atoms with Gasteiger partial charge in [-0.2, -0.15) is 13.2 Å². The minimum absolute atomic E-state index is 0.0479. The molecule has 278 valence electrons. The maximum atomic E-state index is 14.2. The van der Waals surface area contributed by atoms with Crippen molar-refractivity contribution >= 4 is 51.0 Å². The molecule has 2 aromatic carbocycles. The van der Waals surface area contributed by atoms with Gasteiger partial charge in [-0.3, -0.25) is 19.1 Å². The van der Waals surface area contributed by atoms with Crippen LogP contribution in [0.4, 0.5) is 18.9 Å². The van der Waals surface area contributed by atoms with Crippen molar-refractivity contribution in [3.63, 3.8) is 0 Å². The molecule has 10 nitrogen and oxygen atoms in total. The number of anilines is 1. The topological polar surface area (TPSA) is 115 Å². The van der Waals surface area contributed by atoms with Crippen molar-refractivity contribution in [1.82, 2.24) is 29.7 Å². The van der Waals surface area contributed by atoms with Crippen molar-refractivity contribution in [3.8, 4) is 0 Å². The number of aromatic nitrogens is 3. The third-order valence-corrected chi connectivity index (χ3v) is 11.8. The Bertz CT molecular complexity index is 1990. The molecule has 3 fully saturated rings. The zero-order valence-electron chi connectivity index (χ0n) is 29.3. The number of benzene rings is 2. The number of imidazole rings is 1. The average Bonchev–Trinajstić information content (AvgIpc) is 3.50. The summed E-state index contributed by atoms with van der Waals surface area (Å²) in [5, 5.41) is 6.73. The van der Waals surface area contributed by atoms with Gasteiger partial charge in [0.1, 0.15) is 0 Å². The van der Waals surface area contributed by atoms with Gasteiger partial charge in [-0.15, -0.1) is 0 Å². The summed E-state index contributed by atoms with van der Waals surface area (Å²) >= 11 is 6.33. The first kappa shape index (κ1) is 36.3. The summed E-state index contributed by atoms with van der Waals surface area (Å²) in [6, 6.07) is 9.96. The number of rotatable bonds is 8. The van der Waals surface area contributed by atoms with Gasteiger partial charge in [0, 0.05) is 51.1 Å². The van der Waals surface area contributed by atoms with Gasteiger partial charge in [-0.05, 0) is 93.6 Å². The summed E-state index contributed by atoms with van der Waals surface area (Å²) in [5.41, 5.74) is 1.12. The molecule has 0 radical (unpaired) electrons. The number of halogens is 4. The Morgan fingerprint density at radius 2 is 1.65 bits per heavy atom. The highest BCUT2D eigenvalue weighted by Crippen LogP contribution is 2.40. The van der Waals surface area contributed by atoms with Gasteiger partial charge in [-0.25, -0.2) is 4.79 Å². The van der Waals surface area contributed by atoms with Crippen LogP contribution in [0, 0.1) is 17.8 Å². The van der Waals surface area contributed by atoms with Gasteiger partial charge in [-0.1, -0.05) is 29.8 Å². The summed E-state index contributed by atoms with van der Waals surface area (Å²) in [5.74, 6) is -0.125. The number of piperidine rings is 3. The zero-order valence-corrected chi connectivity index (χ0v) is 30.0. The van der Waals surface area contributed by atoms with E-state index in [-0.39, 0.29) is 52.7 Å². The fraction of sp³-hybridized carbons (Fsp3) is 0.526. The number of nitrogens with zero attached hydrogens (tertiary/aromatic N) is 4. The molecule has 52 heavy (non-hydrogen) atoms. The summed E-state index contributed by atoms with van der Waals surface area (Å²) in [6.07, 6.45) is 1.94. The van der Waals surface area contributed by atoms with Gasteiger partial charge >= 0.3 is 11.9 Å². The second-order valence-electron chi connectivity index (χ2n) is 14.6. The number of amides is 2. The first-order chi connectivity index (χ1) is 25.0. The van der Waals surface area contributed by atoms with E-state index in [1.54, 1.807) is 20.6 Å². The number of carbonyl (C=O) groups excluding carboxylic acids is 2. The van der Waals surface area contributed by atoms with E-state index in [4.69, 9.17) is 11.6 Å². The number of nitrogens with one attached hydrogen (secondary N) is 3. The van der Waals surface area contributed by atoms with E-state index in [2.05, 4.69) is 20.6 Å². The van der Waals surface area contributed by atoms with E-state index >= 15 is 0 Å². The number of carbonyl (C=O) groups is 2. The van der Waals surface area contributed by atoms with Crippen LogP contribution in [0.3, 0.4) is 0 Å². The van der Waals surface area contributed by atoms with E-state index in [1.807, 2.05) is 24.3 Å². The lowest BCUT2D eigenvalue weighted by Crippen LogP contribution is -2.46. The van der Waals surface area contributed by atoms with Crippen molar-refractivity contribution in [2.75, 3.05) is 51.6 Å². The van der Waals surface area contributed by atoms with Crippen molar-refractivity contribution in [2.24, 2.45) is 17.8 Å². The lowest BCUT2D eigenvalue weighted by molar-refractivity contribution is -0.143. The molecular weight excluding hydrogens is 695 g/mol. The van der Waals surface area contributed by atoms with Gasteiger partial charge in [0.05, 0.1) is 44.9 Å². The molecule has 2 amide bonds. The first-order valence-electron chi connectivity index (χ1n) is 18.3. The molecule has 3 N–H and O–H groups in total. The Morgan fingerprint density at radius 1 is 0.981 bits per heavy atom. The normalized spacial score (nSPS) is 19.0. The highest BCUT2D eigenvalue weighted by molar-refractivity contribution is 6.33. The van der Waals surface area contributed by atoms with Crippen LogP contribution < -0.4 is 16.3 Å². The molecule has 7 rings (SSSR count). The van der Waals surface area contributed by atoms with Gasteiger partial charge in [0.2, 0.25) is 11.8 Å². The number of likely N-dealkylation sites (tertiary alicyclic amines) is 2. The second kappa shape index (κ2) is 15.1.